The molecular formula is C14H22ClNOS. The van der Waals surface area contributed by atoms with Crippen molar-refractivity contribution in [1.29, 1.82) is 0 Å². The minimum Gasteiger partial charge on any atom is -0.384 e. The number of nitrogens with one attached hydrogen (secondary N) is 1. The molecule has 102 valence electrons. The number of thioether (sulfide) groups is 1. The van der Waals surface area contributed by atoms with Gasteiger partial charge in [-0.25, -0.2) is 0 Å². The molecule has 0 aromatic heterocycles. The summed E-state index contributed by atoms with van der Waals surface area (Å²) in [5.41, 5.74) is 1.20. The van der Waals surface area contributed by atoms with E-state index >= 15 is 0 Å². The largest absolute Gasteiger partial charge is 0.384 e. The zero-order valence-corrected chi connectivity index (χ0v) is 12.9. The van der Waals surface area contributed by atoms with Gasteiger partial charge in [-0.15, -0.1) is 11.8 Å². The SMILES string of the molecule is COCCSc1cccc(Cl)c1CNCC(C)C. The lowest BCUT2D eigenvalue weighted by Crippen LogP contribution is -2.19. The summed E-state index contributed by atoms with van der Waals surface area (Å²) in [6.45, 7) is 7.00. The third-order valence-electron chi connectivity index (χ3n) is 2.48. The van der Waals surface area contributed by atoms with Crippen LogP contribution in [0, 0.1) is 5.92 Å². The molecule has 1 N–H and O–H groups in total. The fourth-order valence-corrected chi connectivity index (χ4v) is 2.86. The zero-order chi connectivity index (χ0) is 13.4. The van der Waals surface area contributed by atoms with Crippen molar-refractivity contribution in [2.45, 2.75) is 25.3 Å². The Morgan fingerprint density at radius 2 is 2.17 bits per heavy atom. The third-order valence-corrected chi connectivity index (χ3v) is 3.89. The molecule has 0 unspecified atom stereocenters. The van der Waals surface area contributed by atoms with Crippen molar-refractivity contribution >= 4 is 23.4 Å². The Morgan fingerprint density at radius 1 is 1.39 bits per heavy atom. The summed E-state index contributed by atoms with van der Waals surface area (Å²) < 4.78 is 5.08. The van der Waals surface area contributed by atoms with Gasteiger partial charge in [0.25, 0.3) is 0 Å². The second kappa shape index (κ2) is 8.81. The summed E-state index contributed by atoms with van der Waals surface area (Å²) in [4.78, 5) is 1.25. The van der Waals surface area contributed by atoms with Gasteiger partial charge in [0, 0.05) is 29.3 Å². The highest BCUT2D eigenvalue weighted by molar-refractivity contribution is 7.99. The number of rotatable bonds is 8. The summed E-state index contributed by atoms with van der Waals surface area (Å²) in [7, 11) is 1.73. The molecule has 4 heteroatoms. The quantitative estimate of drug-likeness (QED) is 0.580. The highest BCUT2D eigenvalue weighted by Gasteiger charge is 2.07. The number of hydrogen-bond acceptors (Lipinski definition) is 3. The molecule has 0 fully saturated rings. The van der Waals surface area contributed by atoms with E-state index in [1.165, 1.54) is 10.5 Å². The average Bonchev–Trinajstić information content (AvgIpc) is 2.32. The highest BCUT2D eigenvalue weighted by atomic mass is 35.5. The number of methoxy groups -OCH3 is 1. The van der Waals surface area contributed by atoms with Gasteiger partial charge < -0.3 is 10.1 Å². The first-order valence-corrected chi connectivity index (χ1v) is 7.61. The lowest BCUT2D eigenvalue weighted by molar-refractivity contribution is 0.218. The maximum atomic E-state index is 6.27. The summed E-state index contributed by atoms with van der Waals surface area (Å²) in [5, 5.41) is 4.29. The van der Waals surface area contributed by atoms with Crippen LogP contribution in [-0.4, -0.2) is 26.0 Å². The van der Waals surface area contributed by atoms with Crippen LogP contribution >= 0.6 is 23.4 Å². The average molecular weight is 288 g/mol. The van der Waals surface area contributed by atoms with Gasteiger partial charge in [-0.1, -0.05) is 31.5 Å². The Kier molecular flexibility index (Phi) is 7.75. The van der Waals surface area contributed by atoms with Crippen molar-refractivity contribution < 1.29 is 4.74 Å². The van der Waals surface area contributed by atoms with Crippen molar-refractivity contribution in [3.8, 4) is 0 Å². The van der Waals surface area contributed by atoms with Crippen LogP contribution in [0.5, 0.6) is 0 Å². The molecule has 0 bridgehead atoms. The summed E-state index contributed by atoms with van der Waals surface area (Å²) in [5.74, 6) is 1.60. The molecular weight excluding hydrogens is 266 g/mol. The van der Waals surface area contributed by atoms with Gasteiger partial charge in [0.05, 0.1) is 6.61 Å². The van der Waals surface area contributed by atoms with Crippen LogP contribution in [0.3, 0.4) is 0 Å². The van der Waals surface area contributed by atoms with Crippen molar-refractivity contribution in [2.75, 3.05) is 26.0 Å². The molecule has 0 spiro atoms. The van der Waals surface area contributed by atoms with Crippen LogP contribution in [0.4, 0.5) is 0 Å². The molecule has 1 aromatic rings. The molecule has 0 radical (unpaired) electrons. The first-order chi connectivity index (χ1) is 8.65. The lowest BCUT2D eigenvalue weighted by atomic mass is 10.2. The van der Waals surface area contributed by atoms with Gasteiger partial charge in [-0.05, 0) is 30.2 Å². The van der Waals surface area contributed by atoms with Crippen molar-refractivity contribution in [3.05, 3.63) is 28.8 Å². The van der Waals surface area contributed by atoms with E-state index in [-0.39, 0.29) is 0 Å². The summed E-state index contributed by atoms with van der Waals surface area (Å²) in [6.07, 6.45) is 0. The van der Waals surface area contributed by atoms with E-state index in [2.05, 4.69) is 25.2 Å². The van der Waals surface area contributed by atoms with Gasteiger partial charge in [-0.3, -0.25) is 0 Å². The number of halogens is 1. The van der Waals surface area contributed by atoms with E-state index in [1.807, 2.05) is 12.1 Å². The number of hydrogen-bond donors (Lipinski definition) is 1. The van der Waals surface area contributed by atoms with Gasteiger partial charge in [0.1, 0.15) is 0 Å². The molecule has 0 heterocycles. The maximum absolute atomic E-state index is 6.27. The third kappa shape index (κ3) is 5.61. The summed E-state index contributed by atoms with van der Waals surface area (Å²) in [6, 6.07) is 6.08. The van der Waals surface area contributed by atoms with Crippen LogP contribution < -0.4 is 5.32 Å². The standard InChI is InChI=1S/C14H22ClNOS/c1-11(2)9-16-10-12-13(15)5-4-6-14(12)18-8-7-17-3/h4-6,11,16H,7-10H2,1-3H3. The number of ether oxygens (including phenoxy) is 1. The Hall–Kier alpha value is -0.220. The van der Waals surface area contributed by atoms with Crippen LogP contribution in [0.2, 0.25) is 5.02 Å². The Morgan fingerprint density at radius 3 is 2.83 bits per heavy atom. The van der Waals surface area contributed by atoms with E-state index in [0.717, 1.165) is 30.5 Å². The Labute approximate surface area is 119 Å². The fourth-order valence-electron chi connectivity index (χ4n) is 1.57. The van der Waals surface area contributed by atoms with Gasteiger partial charge in [-0.2, -0.15) is 0 Å². The normalized spacial score (nSPS) is 11.2. The molecule has 0 amide bonds. The second-order valence-electron chi connectivity index (χ2n) is 4.58. The number of benzene rings is 1. The Balaban J connectivity index is 2.61. The highest BCUT2D eigenvalue weighted by Crippen LogP contribution is 2.28. The molecule has 0 aliphatic carbocycles. The Bertz CT molecular complexity index is 358. The van der Waals surface area contributed by atoms with Crippen molar-refractivity contribution in [3.63, 3.8) is 0 Å². The molecule has 0 aliphatic rings. The molecule has 0 saturated heterocycles. The molecule has 0 saturated carbocycles. The first kappa shape index (κ1) is 15.8. The predicted molar refractivity (Wildman–Crippen MR) is 80.6 cm³/mol. The lowest BCUT2D eigenvalue weighted by Gasteiger charge is -2.13. The van der Waals surface area contributed by atoms with Crippen LogP contribution in [0.25, 0.3) is 0 Å². The molecule has 0 aliphatic heterocycles. The fraction of sp³-hybridized carbons (Fsp3) is 0.571. The van der Waals surface area contributed by atoms with Crippen molar-refractivity contribution in [2.24, 2.45) is 5.92 Å². The smallest absolute Gasteiger partial charge is 0.0556 e. The molecule has 1 rings (SSSR count). The topological polar surface area (TPSA) is 21.3 Å². The molecule has 2 nitrogen and oxygen atoms in total. The van der Waals surface area contributed by atoms with E-state index in [4.69, 9.17) is 16.3 Å². The van der Waals surface area contributed by atoms with Crippen LogP contribution in [0.1, 0.15) is 19.4 Å². The van der Waals surface area contributed by atoms with Gasteiger partial charge in [0.15, 0.2) is 0 Å². The van der Waals surface area contributed by atoms with Crippen molar-refractivity contribution in [1.82, 2.24) is 5.32 Å². The first-order valence-electron chi connectivity index (χ1n) is 6.25. The van der Waals surface area contributed by atoms with Crippen LogP contribution in [0.15, 0.2) is 23.1 Å². The van der Waals surface area contributed by atoms with E-state index in [9.17, 15) is 0 Å². The second-order valence-corrected chi connectivity index (χ2v) is 6.13. The molecule has 18 heavy (non-hydrogen) atoms. The minimum absolute atomic E-state index is 0.650. The minimum atomic E-state index is 0.650. The monoisotopic (exact) mass is 287 g/mol. The van der Waals surface area contributed by atoms with Crippen LogP contribution in [-0.2, 0) is 11.3 Å². The summed E-state index contributed by atoms with van der Waals surface area (Å²) >= 11 is 8.07. The zero-order valence-electron chi connectivity index (χ0n) is 11.3. The predicted octanol–water partition coefficient (Wildman–Crippen LogP) is 3.82. The van der Waals surface area contributed by atoms with E-state index in [0.29, 0.717) is 5.92 Å². The van der Waals surface area contributed by atoms with Gasteiger partial charge in [0.2, 0.25) is 0 Å². The van der Waals surface area contributed by atoms with E-state index < -0.39 is 0 Å². The maximum Gasteiger partial charge on any atom is 0.0556 e. The molecule has 0 atom stereocenters. The molecule has 1 aromatic carbocycles. The van der Waals surface area contributed by atoms with E-state index in [1.54, 1.807) is 18.9 Å². The van der Waals surface area contributed by atoms with Gasteiger partial charge >= 0.3 is 0 Å².